The molecule has 2 fully saturated rings. The monoisotopic (exact) mass is 475 g/mol. The van der Waals surface area contributed by atoms with Crippen LogP contribution in [0.4, 0.5) is 5.69 Å². The molecule has 3 aromatic rings. The summed E-state index contributed by atoms with van der Waals surface area (Å²) in [4.78, 5) is 13.1. The lowest BCUT2D eigenvalue weighted by Crippen LogP contribution is -2.18. The van der Waals surface area contributed by atoms with E-state index in [2.05, 4.69) is 32.0 Å². The van der Waals surface area contributed by atoms with Gasteiger partial charge in [0.25, 0.3) is 0 Å². The van der Waals surface area contributed by atoms with E-state index in [-0.39, 0.29) is 11.8 Å². The molecule has 2 N–H and O–H groups in total. The number of benzene rings is 2. The van der Waals surface area contributed by atoms with Gasteiger partial charge in [0, 0.05) is 17.2 Å². The fourth-order valence-corrected chi connectivity index (χ4v) is 5.48. The van der Waals surface area contributed by atoms with Gasteiger partial charge in [-0.25, -0.2) is 0 Å². The number of methoxy groups -OCH3 is 1. The van der Waals surface area contributed by atoms with Crippen LogP contribution >= 0.6 is 0 Å². The molecule has 1 aromatic heterocycles. The van der Waals surface area contributed by atoms with Crippen LogP contribution in [-0.4, -0.2) is 40.2 Å². The normalized spacial score (nSPS) is 19.9. The number of aromatic nitrogens is 4. The van der Waals surface area contributed by atoms with Gasteiger partial charge in [0.2, 0.25) is 11.7 Å². The van der Waals surface area contributed by atoms with E-state index >= 15 is 0 Å². The van der Waals surface area contributed by atoms with Crippen molar-refractivity contribution in [3.05, 3.63) is 35.9 Å². The second-order valence-corrected chi connectivity index (χ2v) is 9.64. The van der Waals surface area contributed by atoms with Crippen LogP contribution in [-0.2, 0) is 4.79 Å². The summed E-state index contributed by atoms with van der Waals surface area (Å²) in [5, 5.41) is 17.9. The number of nitrogens with one attached hydrogen (secondary N) is 2. The molecule has 8 nitrogen and oxygen atoms in total. The first-order valence-corrected chi connectivity index (χ1v) is 12.6. The first kappa shape index (κ1) is 23.3. The van der Waals surface area contributed by atoms with Crippen LogP contribution < -0.4 is 14.8 Å². The molecule has 0 unspecified atom stereocenters. The molecule has 2 aliphatic rings. The number of amides is 1. The molecule has 8 heteroatoms. The van der Waals surface area contributed by atoms with Crippen LogP contribution in [0, 0.1) is 24.7 Å². The van der Waals surface area contributed by atoms with Crippen molar-refractivity contribution in [2.75, 3.05) is 19.0 Å². The summed E-state index contributed by atoms with van der Waals surface area (Å²) >= 11 is 0. The molecule has 1 heterocycles. The highest BCUT2D eigenvalue weighted by Crippen LogP contribution is 2.50. The Morgan fingerprint density at radius 3 is 2.66 bits per heavy atom. The Bertz CT molecular complexity index is 1190. The maximum Gasteiger partial charge on any atom is 0.227 e. The van der Waals surface area contributed by atoms with Crippen molar-refractivity contribution in [3.63, 3.8) is 0 Å². The maximum absolute atomic E-state index is 13.1. The summed E-state index contributed by atoms with van der Waals surface area (Å²) in [6.07, 6.45) is 7.51. The van der Waals surface area contributed by atoms with E-state index in [9.17, 15) is 4.79 Å². The number of hydrogen-bond acceptors (Lipinski definition) is 6. The number of carbonyl (C=O) groups is 1. The molecule has 2 aliphatic carbocycles. The molecule has 1 amide bonds. The van der Waals surface area contributed by atoms with Gasteiger partial charge in [-0.15, -0.1) is 10.2 Å². The van der Waals surface area contributed by atoms with Gasteiger partial charge in [-0.3, -0.25) is 4.79 Å². The number of aromatic amines is 1. The van der Waals surface area contributed by atoms with E-state index in [1.807, 2.05) is 38.1 Å². The summed E-state index contributed by atoms with van der Waals surface area (Å²) in [6.45, 7) is 4.51. The molecule has 2 saturated carbocycles. The molecule has 0 aliphatic heterocycles. The van der Waals surface area contributed by atoms with Gasteiger partial charge in [-0.05, 0) is 78.3 Å². The number of rotatable bonds is 8. The van der Waals surface area contributed by atoms with Gasteiger partial charge in [-0.1, -0.05) is 38.2 Å². The zero-order valence-electron chi connectivity index (χ0n) is 20.6. The lowest BCUT2D eigenvalue weighted by atomic mass is 9.85. The Labute approximate surface area is 205 Å². The Morgan fingerprint density at radius 1 is 1.11 bits per heavy atom. The predicted octanol–water partition coefficient (Wildman–Crippen LogP) is 5.40. The fourth-order valence-electron chi connectivity index (χ4n) is 5.48. The van der Waals surface area contributed by atoms with Crippen LogP contribution in [0.25, 0.3) is 22.5 Å². The number of ether oxygens (including phenoxy) is 2. The van der Waals surface area contributed by atoms with Crippen molar-refractivity contribution in [2.24, 2.45) is 17.8 Å². The van der Waals surface area contributed by atoms with Crippen molar-refractivity contribution in [1.82, 2.24) is 20.6 Å². The summed E-state index contributed by atoms with van der Waals surface area (Å²) < 4.78 is 11.2. The summed E-state index contributed by atoms with van der Waals surface area (Å²) in [5.41, 5.74) is 4.40. The van der Waals surface area contributed by atoms with Gasteiger partial charge in [-0.2, -0.15) is 5.21 Å². The lowest BCUT2D eigenvalue weighted by molar-refractivity contribution is -0.117. The molecule has 0 bridgehead atoms. The third kappa shape index (κ3) is 4.88. The van der Waals surface area contributed by atoms with Crippen molar-refractivity contribution in [1.29, 1.82) is 0 Å². The first-order valence-electron chi connectivity index (χ1n) is 12.6. The average Bonchev–Trinajstić information content (AvgIpc) is 3.51. The van der Waals surface area contributed by atoms with E-state index in [0.29, 0.717) is 35.8 Å². The van der Waals surface area contributed by atoms with Gasteiger partial charge in [0.15, 0.2) is 11.5 Å². The van der Waals surface area contributed by atoms with Crippen LogP contribution in [0.1, 0.15) is 51.0 Å². The van der Waals surface area contributed by atoms with Gasteiger partial charge in [0.05, 0.1) is 13.7 Å². The molecule has 2 aromatic carbocycles. The smallest absolute Gasteiger partial charge is 0.227 e. The van der Waals surface area contributed by atoms with Gasteiger partial charge < -0.3 is 14.8 Å². The zero-order valence-corrected chi connectivity index (χ0v) is 20.6. The number of anilines is 1. The van der Waals surface area contributed by atoms with Crippen molar-refractivity contribution in [3.8, 4) is 34.0 Å². The minimum Gasteiger partial charge on any atom is -0.493 e. The third-order valence-corrected chi connectivity index (χ3v) is 7.42. The molecule has 35 heavy (non-hydrogen) atoms. The molecule has 184 valence electrons. The standard InChI is InChI=1S/C27H33N5O3/c1-4-35-24-11-10-18(13-25(24)34-3)19-12-16(2)23(15-21(19)26-29-31-32-30-26)28-27(33)22-14-20(22)17-8-6-5-7-9-17/h10-13,15,17,20,22H,4-9,14H2,1-3H3,(H,28,33)(H,29,30,31,32)/t20-,22+/m0/s1. The largest absolute Gasteiger partial charge is 0.493 e. The summed E-state index contributed by atoms with van der Waals surface area (Å²) in [7, 11) is 1.63. The van der Waals surface area contributed by atoms with Crippen LogP contribution in [0.2, 0.25) is 0 Å². The second kappa shape index (κ2) is 10.1. The van der Waals surface area contributed by atoms with Crippen LogP contribution in [0.15, 0.2) is 30.3 Å². The first-order chi connectivity index (χ1) is 17.1. The molecule has 2 atom stereocenters. The molecule has 0 radical (unpaired) electrons. The van der Waals surface area contributed by atoms with Crippen LogP contribution in [0.5, 0.6) is 11.5 Å². The molecule has 5 rings (SSSR count). The van der Waals surface area contributed by atoms with Crippen molar-refractivity contribution in [2.45, 2.75) is 52.4 Å². The minimum absolute atomic E-state index is 0.123. The summed E-state index contributed by atoms with van der Waals surface area (Å²) in [5.74, 6) is 3.32. The second-order valence-electron chi connectivity index (χ2n) is 9.64. The zero-order chi connectivity index (χ0) is 24.4. The minimum atomic E-state index is 0.123. The van der Waals surface area contributed by atoms with E-state index in [1.54, 1.807) is 7.11 Å². The maximum atomic E-state index is 13.1. The number of H-pyrrole nitrogens is 1. The molecule has 0 spiro atoms. The SMILES string of the molecule is CCOc1ccc(-c2cc(C)c(NC(=O)[C@@H]3C[C@H]3C3CCCCC3)cc2-c2nn[nH]n2)cc1OC. The molecular formula is C27H33N5O3. The van der Waals surface area contributed by atoms with Crippen molar-refractivity contribution >= 4 is 11.6 Å². The fraction of sp³-hybridized carbons (Fsp3) is 0.481. The Hall–Kier alpha value is -3.42. The molecule has 0 saturated heterocycles. The highest BCUT2D eigenvalue weighted by atomic mass is 16.5. The van der Waals surface area contributed by atoms with E-state index < -0.39 is 0 Å². The van der Waals surface area contributed by atoms with Gasteiger partial charge in [0.1, 0.15) is 0 Å². The molecular weight excluding hydrogens is 442 g/mol. The van der Waals surface area contributed by atoms with Gasteiger partial charge >= 0.3 is 0 Å². The average molecular weight is 476 g/mol. The van der Waals surface area contributed by atoms with E-state index in [4.69, 9.17) is 9.47 Å². The quantitative estimate of drug-likeness (QED) is 0.452. The number of nitrogens with zero attached hydrogens (tertiary/aromatic N) is 3. The summed E-state index contributed by atoms with van der Waals surface area (Å²) in [6, 6.07) is 9.85. The lowest BCUT2D eigenvalue weighted by Gasteiger charge is -2.21. The van der Waals surface area contributed by atoms with E-state index in [1.165, 1.54) is 32.1 Å². The Kier molecular flexibility index (Phi) is 6.70. The van der Waals surface area contributed by atoms with E-state index in [0.717, 1.165) is 34.4 Å². The number of aryl methyl sites for hydroxylation is 1. The third-order valence-electron chi connectivity index (χ3n) is 7.42. The van der Waals surface area contributed by atoms with Crippen LogP contribution in [0.3, 0.4) is 0 Å². The highest BCUT2D eigenvalue weighted by molar-refractivity contribution is 5.97. The van der Waals surface area contributed by atoms with Crippen molar-refractivity contribution < 1.29 is 14.3 Å². The topological polar surface area (TPSA) is 102 Å². The Morgan fingerprint density at radius 2 is 1.94 bits per heavy atom. The number of tetrazole rings is 1. The number of hydrogen-bond donors (Lipinski definition) is 2. The number of carbonyl (C=O) groups excluding carboxylic acids is 1. The highest BCUT2D eigenvalue weighted by Gasteiger charge is 2.47. The predicted molar refractivity (Wildman–Crippen MR) is 134 cm³/mol. The Balaban J connectivity index is 1.43.